The molecule has 0 saturated carbocycles. The van der Waals surface area contributed by atoms with Gasteiger partial charge in [-0.25, -0.2) is 0 Å². The number of pyridine rings is 7. The maximum absolute atomic E-state index is 5.28. The van der Waals surface area contributed by atoms with Crippen molar-refractivity contribution in [2.75, 3.05) is 0 Å². The van der Waals surface area contributed by atoms with E-state index in [1.54, 1.807) is 0 Å². The molecule has 2 aliphatic rings. The maximum Gasteiger partial charge on any atom is 0.0787 e. The molecule has 0 atom stereocenters. The largest absolute Gasteiger partial charge is 0.265 e. The number of aromatic nitrogens is 7. The summed E-state index contributed by atoms with van der Waals surface area (Å²) in [5, 5.41) is 31.8. The number of para-hydroxylation sites is 1. The van der Waals surface area contributed by atoms with E-state index in [1.165, 1.54) is 202 Å². The Hall–Kier alpha value is -18.4. The van der Waals surface area contributed by atoms with Gasteiger partial charge < -0.3 is 0 Å². The van der Waals surface area contributed by atoms with Crippen LogP contribution in [0, 0.1) is 0 Å². The normalized spacial score (nSPS) is 12.8. The van der Waals surface area contributed by atoms with Crippen molar-refractivity contribution in [2.45, 2.75) is 38.5 Å². The zero-order chi connectivity index (χ0) is 95.6. The first-order chi connectivity index (χ1) is 70.9. The summed E-state index contributed by atoms with van der Waals surface area (Å²) in [4.78, 5) is 33.0. The molecule has 7 heterocycles. The fraction of sp³-hybridized carbons (Fsp3) is 0.0438. The number of hydrogen-bond acceptors (Lipinski definition) is 7. The molecule has 0 saturated heterocycles. The summed E-state index contributed by atoms with van der Waals surface area (Å²) in [6.45, 7) is 9.43. The van der Waals surface area contributed by atoms with Crippen LogP contribution in [0.5, 0.6) is 0 Å². The van der Waals surface area contributed by atoms with Crippen LogP contribution in [0.2, 0.25) is 0 Å². The highest BCUT2D eigenvalue weighted by Crippen LogP contribution is 2.56. The molecule has 21 aromatic carbocycles. The van der Waals surface area contributed by atoms with E-state index in [0.29, 0.717) is 0 Å². The second kappa shape index (κ2) is 33.1. The smallest absolute Gasteiger partial charge is 0.0787 e. The summed E-state index contributed by atoms with van der Waals surface area (Å²) in [7, 11) is 0. The second-order valence-corrected chi connectivity index (χ2v) is 39.6. The van der Waals surface area contributed by atoms with Crippen LogP contribution in [-0.4, -0.2) is 34.9 Å². The average Bonchev–Trinajstić information content (AvgIpc) is 0.964. The van der Waals surface area contributed by atoms with Crippen molar-refractivity contribution in [1.29, 1.82) is 0 Å². The van der Waals surface area contributed by atoms with Crippen LogP contribution in [-0.2, 0) is 10.8 Å². The molecule has 2 aliphatic carbocycles. The highest BCUT2D eigenvalue weighted by Gasteiger charge is 2.38. The standard InChI is InChI=1S/C52H35N3.C45H30N2.C40H24N2/c1-52(2)48-14-8-7-11-41(48)42-16-15-34(29-49(42)52)45-30-46-40-10-4-6-13-44(40)51-47(50(46)43-12-5-3-9-39(43)45)28-38(31-55-51)37-26-35(32-17-21-53-22-18-32)25-36(27-37)33-19-23-54-24-20-33;1-45(2)40-17-9-7-13-32(40)33-20-19-27(24-41(33)45)37-25-38-31-12-4-6-16-36(31)44-39(43(38)35-15-5-3-11-30(35)37)23-28(26-47-44)29-21-22-46-42-18-10-8-14-34(29)42;1-2-10-28-26(9-1)21-35(30-12-4-3-11-29(28)30)36-23-37-32-14-6-8-16-34(32)40-38(39(37)33-15-7-5-13-31(33)36)22-27(24-42-40)25-17-19-41-20-18-25/h3-31H,1-2H3;3-26H,1-2H3;1-24H. The molecular weight excluding hydrogens is 1740 g/mol. The molecule has 7 heteroatoms. The Labute approximate surface area is 831 Å². The summed E-state index contributed by atoms with van der Waals surface area (Å²) < 4.78 is 0. The van der Waals surface area contributed by atoms with Gasteiger partial charge in [0.2, 0.25) is 0 Å². The van der Waals surface area contributed by atoms with Crippen molar-refractivity contribution >= 4 is 162 Å². The lowest BCUT2D eigenvalue weighted by molar-refractivity contribution is 0.660. The summed E-state index contributed by atoms with van der Waals surface area (Å²) in [5.41, 5.74) is 33.5. The Morgan fingerprint density at radius 2 is 0.465 bits per heavy atom. The fourth-order valence-electron chi connectivity index (χ4n) is 24.3. The molecule has 0 amide bonds. The number of rotatable bonds is 8. The van der Waals surface area contributed by atoms with Gasteiger partial charge in [0.25, 0.3) is 0 Å². The number of nitrogens with zero attached hydrogens (tertiary/aromatic N) is 7. The van der Waals surface area contributed by atoms with Crippen molar-refractivity contribution in [2.24, 2.45) is 0 Å². The summed E-state index contributed by atoms with van der Waals surface area (Å²) >= 11 is 0. The molecule has 0 aliphatic heterocycles. The molecule has 144 heavy (non-hydrogen) atoms. The van der Waals surface area contributed by atoms with E-state index in [0.717, 1.165) is 93.9 Å². The van der Waals surface area contributed by atoms with Gasteiger partial charge in [0.1, 0.15) is 0 Å². The van der Waals surface area contributed by atoms with Crippen molar-refractivity contribution in [3.8, 4) is 111 Å². The molecule has 28 aromatic rings. The van der Waals surface area contributed by atoms with E-state index in [2.05, 4.69) is 436 Å². The molecule has 0 spiro atoms. The molecule has 672 valence electrons. The molecule has 7 aromatic heterocycles. The monoisotopic (exact) mass is 1830 g/mol. The van der Waals surface area contributed by atoms with Crippen LogP contribution in [0.3, 0.4) is 0 Å². The third-order valence-corrected chi connectivity index (χ3v) is 31.1. The van der Waals surface area contributed by atoms with Crippen LogP contribution in [0.1, 0.15) is 49.9 Å². The van der Waals surface area contributed by atoms with Gasteiger partial charge in [-0.1, -0.05) is 313 Å². The molecule has 0 bridgehead atoms. The number of fused-ring (bicyclic) bond motifs is 34. The van der Waals surface area contributed by atoms with Crippen molar-refractivity contribution in [1.82, 2.24) is 34.9 Å². The van der Waals surface area contributed by atoms with E-state index >= 15 is 0 Å². The van der Waals surface area contributed by atoms with Crippen molar-refractivity contribution in [3.05, 3.63) is 491 Å². The van der Waals surface area contributed by atoms with Gasteiger partial charge in [0.05, 0.1) is 22.1 Å². The first-order valence-corrected chi connectivity index (χ1v) is 49.5. The molecule has 30 rings (SSSR count). The molecular formula is C137H89N7. The first kappa shape index (κ1) is 83.7. The minimum atomic E-state index is -0.0779. The fourth-order valence-corrected chi connectivity index (χ4v) is 24.3. The number of benzene rings is 21. The van der Waals surface area contributed by atoms with Crippen LogP contribution in [0.25, 0.3) is 273 Å². The third kappa shape index (κ3) is 13.3. The molecule has 7 nitrogen and oxygen atoms in total. The van der Waals surface area contributed by atoms with Gasteiger partial charge in [-0.05, 0) is 340 Å². The Kier molecular flexibility index (Phi) is 19.3. The van der Waals surface area contributed by atoms with Crippen molar-refractivity contribution in [3.63, 3.8) is 0 Å². The van der Waals surface area contributed by atoms with Gasteiger partial charge in [0, 0.05) is 127 Å². The van der Waals surface area contributed by atoms with Crippen LogP contribution in [0.15, 0.2) is 468 Å². The molecule has 0 radical (unpaired) electrons. The first-order valence-electron chi connectivity index (χ1n) is 49.5. The second-order valence-electron chi connectivity index (χ2n) is 39.6. The van der Waals surface area contributed by atoms with Gasteiger partial charge >= 0.3 is 0 Å². The lowest BCUT2D eigenvalue weighted by atomic mass is 9.81. The van der Waals surface area contributed by atoms with E-state index < -0.39 is 0 Å². The zero-order valence-corrected chi connectivity index (χ0v) is 79.6. The van der Waals surface area contributed by atoms with Gasteiger partial charge in [0.15, 0.2) is 0 Å². The molecule has 0 N–H and O–H groups in total. The van der Waals surface area contributed by atoms with E-state index in [9.17, 15) is 0 Å². The van der Waals surface area contributed by atoms with Gasteiger partial charge in [-0.3, -0.25) is 34.9 Å². The summed E-state index contributed by atoms with van der Waals surface area (Å²) in [6, 6.07) is 149. The maximum atomic E-state index is 5.28. The van der Waals surface area contributed by atoms with Crippen LogP contribution < -0.4 is 0 Å². The lowest BCUT2D eigenvalue weighted by Gasteiger charge is -2.22. The third-order valence-electron chi connectivity index (χ3n) is 31.1. The van der Waals surface area contributed by atoms with Crippen LogP contribution >= 0.6 is 0 Å². The van der Waals surface area contributed by atoms with E-state index in [1.807, 2.05) is 80.2 Å². The van der Waals surface area contributed by atoms with Crippen molar-refractivity contribution < 1.29 is 0 Å². The van der Waals surface area contributed by atoms with E-state index in [4.69, 9.17) is 15.0 Å². The topological polar surface area (TPSA) is 90.2 Å². The average molecular weight is 1830 g/mol. The lowest BCUT2D eigenvalue weighted by Crippen LogP contribution is -2.14. The quantitative estimate of drug-likeness (QED) is 0.140. The molecule has 0 unspecified atom stereocenters. The summed E-state index contributed by atoms with van der Waals surface area (Å²) in [5.74, 6) is 0. The number of hydrogen-bond donors (Lipinski definition) is 0. The Morgan fingerprint density at radius 3 is 0.917 bits per heavy atom. The Balaban J connectivity index is 0.000000106. The van der Waals surface area contributed by atoms with Gasteiger partial charge in [-0.2, -0.15) is 0 Å². The minimum Gasteiger partial charge on any atom is -0.265 e. The Bertz CT molecular complexity index is 10200. The minimum absolute atomic E-state index is 0.0588. The highest BCUT2D eigenvalue weighted by molar-refractivity contribution is 6.36. The highest BCUT2D eigenvalue weighted by atomic mass is 14.7. The molecule has 0 fully saturated rings. The zero-order valence-electron chi connectivity index (χ0n) is 79.6. The van der Waals surface area contributed by atoms with E-state index in [-0.39, 0.29) is 10.8 Å². The van der Waals surface area contributed by atoms with Gasteiger partial charge in [-0.15, -0.1) is 0 Å². The summed E-state index contributed by atoms with van der Waals surface area (Å²) in [6.07, 6.45) is 19.1. The SMILES string of the molecule is CC1(C)c2ccccc2-c2ccc(-c3cc4c5ccccc5c5ncc(-c6cc(-c7ccncc7)cc(-c7ccncc7)c6)cc5c4c4ccccc34)cc21.CC1(C)c2ccccc2-c2ccc(-c3cc4c5ccccc5c5ncc(-c6ccnc7ccccc67)cc5c4c4ccccc34)cc21.c1ccc2c(c1)cc(-c1cc3c4ccccc4c4ncc(-c5ccncc5)cc4c3c3ccccc13)c1ccccc12. The predicted octanol–water partition coefficient (Wildman–Crippen LogP) is 36.1. The Morgan fingerprint density at radius 1 is 0.153 bits per heavy atom. The predicted molar refractivity (Wildman–Crippen MR) is 605 cm³/mol. The van der Waals surface area contributed by atoms with Crippen LogP contribution in [0.4, 0.5) is 0 Å².